The minimum absolute atomic E-state index is 0.168. The maximum absolute atomic E-state index is 11.7. The predicted octanol–water partition coefficient (Wildman–Crippen LogP) is 0.884. The second-order valence-corrected chi connectivity index (χ2v) is 4.81. The molecule has 2 aromatic rings. The highest BCUT2D eigenvalue weighted by Crippen LogP contribution is 2.13. The zero-order valence-corrected chi connectivity index (χ0v) is 12.5. The van der Waals surface area contributed by atoms with E-state index in [4.69, 9.17) is 0 Å². The summed E-state index contributed by atoms with van der Waals surface area (Å²) in [7, 11) is 0. The maximum Gasteiger partial charge on any atom is 0.321 e. The normalized spacial score (nSPS) is 10.3. The molecule has 0 bridgehead atoms. The van der Waals surface area contributed by atoms with Crippen LogP contribution in [-0.4, -0.2) is 38.7 Å². The molecule has 0 saturated carbocycles. The standard InChI is InChI=1S/C14H18N6O2/c1-3-8-15-14(22)16-12(21)9-20-18-13(17-19-20)11-6-4-10(2)5-7-11/h4-7H,3,8-9H2,1-2H3,(H2,15,16,21,22). The zero-order chi connectivity index (χ0) is 15.9. The number of nitrogens with zero attached hydrogens (tertiary/aromatic N) is 4. The molecule has 3 amide bonds. The van der Waals surface area contributed by atoms with Crippen LogP contribution >= 0.6 is 0 Å². The molecule has 1 aromatic heterocycles. The lowest BCUT2D eigenvalue weighted by Gasteiger charge is -2.04. The van der Waals surface area contributed by atoms with Crippen molar-refractivity contribution in [1.29, 1.82) is 0 Å². The van der Waals surface area contributed by atoms with E-state index in [1.54, 1.807) is 0 Å². The van der Waals surface area contributed by atoms with E-state index < -0.39 is 11.9 Å². The Kier molecular flexibility index (Phi) is 5.18. The summed E-state index contributed by atoms with van der Waals surface area (Å²) in [5.41, 5.74) is 1.95. The van der Waals surface area contributed by atoms with E-state index in [-0.39, 0.29) is 6.54 Å². The van der Waals surface area contributed by atoms with Crippen molar-refractivity contribution in [2.45, 2.75) is 26.8 Å². The van der Waals surface area contributed by atoms with Gasteiger partial charge >= 0.3 is 6.03 Å². The van der Waals surface area contributed by atoms with E-state index in [0.717, 1.165) is 22.3 Å². The quantitative estimate of drug-likeness (QED) is 0.854. The topological polar surface area (TPSA) is 102 Å². The number of urea groups is 1. The number of benzene rings is 1. The Labute approximate surface area is 127 Å². The number of imide groups is 1. The first-order chi connectivity index (χ1) is 10.6. The predicted molar refractivity (Wildman–Crippen MR) is 79.8 cm³/mol. The van der Waals surface area contributed by atoms with E-state index >= 15 is 0 Å². The van der Waals surface area contributed by atoms with Crippen LogP contribution in [-0.2, 0) is 11.3 Å². The summed E-state index contributed by atoms with van der Waals surface area (Å²) in [5.74, 6) is -0.0651. The van der Waals surface area contributed by atoms with Crippen molar-refractivity contribution in [2.24, 2.45) is 0 Å². The number of aromatic nitrogens is 4. The van der Waals surface area contributed by atoms with Crippen molar-refractivity contribution < 1.29 is 9.59 Å². The molecule has 116 valence electrons. The third-order valence-electron chi connectivity index (χ3n) is 2.84. The molecular formula is C14H18N6O2. The van der Waals surface area contributed by atoms with Crippen LogP contribution in [0.1, 0.15) is 18.9 Å². The van der Waals surface area contributed by atoms with Gasteiger partial charge < -0.3 is 5.32 Å². The summed E-state index contributed by atoms with van der Waals surface area (Å²) < 4.78 is 0. The van der Waals surface area contributed by atoms with Crippen molar-refractivity contribution in [3.05, 3.63) is 29.8 Å². The lowest BCUT2D eigenvalue weighted by atomic mass is 10.1. The fourth-order valence-corrected chi connectivity index (χ4v) is 1.71. The van der Waals surface area contributed by atoms with E-state index in [0.29, 0.717) is 12.4 Å². The number of carbonyl (C=O) groups excluding carboxylic acids is 2. The van der Waals surface area contributed by atoms with Gasteiger partial charge in [0.2, 0.25) is 5.82 Å². The van der Waals surface area contributed by atoms with Crippen LogP contribution in [0.4, 0.5) is 4.79 Å². The van der Waals surface area contributed by atoms with E-state index in [9.17, 15) is 9.59 Å². The fraction of sp³-hybridized carbons (Fsp3) is 0.357. The van der Waals surface area contributed by atoms with Crippen molar-refractivity contribution in [3.63, 3.8) is 0 Å². The number of hydrogen-bond donors (Lipinski definition) is 2. The fourth-order valence-electron chi connectivity index (χ4n) is 1.71. The Morgan fingerprint density at radius 2 is 1.95 bits per heavy atom. The molecular weight excluding hydrogens is 284 g/mol. The van der Waals surface area contributed by atoms with Gasteiger partial charge in [-0.2, -0.15) is 4.80 Å². The highest BCUT2D eigenvalue weighted by atomic mass is 16.2. The van der Waals surface area contributed by atoms with Crippen LogP contribution in [0.2, 0.25) is 0 Å². The molecule has 0 atom stereocenters. The summed E-state index contributed by atoms with van der Waals surface area (Å²) >= 11 is 0. The molecule has 0 saturated heterocycles. The first-order valence-electron chi connectivity index (χ1n) is 7.01. The SMILES string of the molecule is CCCNC(=O)NC(=O)Cn1nnc(-c2ccc(C)cc2)n1. The number of aryl methyl sites for hydroxylation is 1. The highest BCUT2D eigenvalue weighted by Gasteiger charge is 2.11. The van der Waals surface area contributed by atoms with Crippen LogP contribution < -0.4 is 10.6 Å². The van der Waals surface area contributed by atoms with E-state index in [1.165, 1.54) is 0 Å². The molecule has 22 heavy (non-hydrogen) atoms. The maximum atomic E-state index is 11.7. The Morgan fingerprint density at radius 3 is 2.64 bits per heavy atom. The lowest BCUT2D eigenvalue weighted by Crippen LogP contribution is -2.41. The Bertz CT molecular complexity index is 650. The molecule has 0 radical (unpaired) electrons. The molecule has 8 heteroatoms. The summed E-state index contributed by atoms with van der Waals surface area (Å²) in [4.78, 5) is 24.2. The molecule has 0 aliphatic carbocycles. The van der Waals surface area contributed by atoms with Gasteiger partial charge in [-0.15, -0.1) is 10.2 Å². The molecule has 1 aromatic carbocycles. The van der Waals surface area contributed by atoms with Gasteiger partial charge in [-0.05, 0) is 18.6 Å². The second-order valence-electron chi connectivity index (χ2n) is 4.81. The molecule has 0 aliphatic rings. The number of hydrogen-bond acceptors (Lipinski definition) is 5. The average molecular weight is 302 g/mol. The van der Waals surface area contributed by atoms with Crippen molar-refractivity contribution in [1.82, 2.24) is 30.8 Å². The van der Waals surface area contributed by atoms with Crippen molar-refractivity contribution in [3.8, 4) is 11.4 Å². The molecule has 2 N–H and O–H groups in total. The Balaban J connectivity index is 1.93. The molecule has 1 heterocycles. The third-order valence-corrected chi connectivity index (χ3v) is 2.84. The lowest BCUT2D eigenvalue weighted by molar-refractivity contribution is -0.121. The summed E-state index contributed by atoms with van der Waals surface area (Å²) in [6.07, 6.45) is 0.798. The minimum Gasteiger partial charge on any atom is -0.338 e. The van der Waals surface area contributed by atoms with E-state index in [2.05, 4.69) is 26.0 Å². The number of amides is 3. The van der Waals surface area contributed by atoms with Crippen LogP contribution in [0.3, 0.4) is 0 Å². The molecule has 0 fully saturated rings. The van der Waals surface area contributed by atoms with Crippen LogP contribution in [0, 0.1) is 6.92 Å². The first kappa shape index (κ1) is 15.6. The van der Waals surface area contributed by atoms with Gasteiger partial charge in [-0.1, -0.05) is 36.8 Å². The van der Waals surface area contributed by atoms with Gasteiger partial charge in [0, 0.05) is 12.1 Å². The molecule has 0 aliphatic heterocycles. The summed E-state index contributed by atoms with van der Waals surface area (Å²) in [5, 5.41) is 16.6. The van der Waals surface area contributed by atoms with Crippen molar-refractivity contribution in [2.75, 3.05) is 6.54 Å². The van der Waals surface area contributed by atoms with Gasteiger partial charge in [0.05, 0.1) is 0 Å². The van der Waals surface area contributed by atoms with Crippen LogP contribution in [0.25, 0.3) is 11.4 Å². The highest BCUT2D eigenvalue weighted by molar-refractivity contribution is 5.94. The summed E-state index contributed by atoms with van der Waals surface area (Å²) in [6.45, 7) is 4.26. The summed E-state index contributed by atoms with van der Waals surface area (Å²) in [6, 6.07) is 7.14. The number of rotatable bonds is 5. The van der Waals surface area contributed by atoms with Gasteiger partial charge in [-0.3, -0.25) is 10.1 Å². The second kappa shape index (κ2) is 7.30. The number of nitrogens with one attached hydrogen (secondary N) is 2. The Hall–Kier alpha value is -2.77. The monoisotopic (exact) mass is 302 g/mol. The van der Waals surface area contributed by atoms with Crippen LogP contribution in [0.5, 0.6) is 0 Å². The minimum atomic E-state index is -0.522. The molecule has 0 spiro atoms. The van der Waals surface area contributed by atoms with Gasteiger partial charge in [0.25, 0.3) is 5.91 Å². The number of tetrazole rings is 1. The van der Waals surface area contributed by atoms with E-state index in [1.807, 2.05) is 38.1 Å². The smallest absolute Gasteiger partial charge is 0.321 e. The van der Waals surface area contributed by atoms with Gasteiger partial charge in [0.15, 0.2) is 0 Å². The zero-order valence-electron chi connectivity index (χ0n) is 12.5. The largest absolute Gasteiger partial charge is 0.338 e. The molecule has 0 unspecified atom stereocenters. The average Bonchev–Trinajstić information content (AvgIpc) is 2.94. The van der Waals surface area contributed by atoms with Gasteiger partial charge in [0.1, 0.15) is 6.54 Å². The number of carbonyl (C=O) groups is 2. The Morgan fingerprint density at radius 1 is 1.23 bits per heavy atom. The molecule has 8 nitrogen and oxygen atoms in total. The molecule has 2 rings (SSSR count). The first-order valence-corrected chi connectivity index (χ1v) is 7.01. The van der Waals surface area contributed by atoms with Gasteiger partial charge in [-0.25, -0.2) is 4.79 Å². The van der Waals surface area contributed by atoms with Crippen molar-refractivity contribution >= 4 is 11.9 Å². The third kappa shape index (κ3) is 4.37. The van der Waals surface area contributed by atoms with Crippen LogP contribution in [0.15, 0.2) is 24.3 Å².